The highest BCUT2D eigenvalue weighted by atomic mass is 15.2. The highest BCUT2D eigenvalue weighted by Crippen LogP contribution is 2.20. The molecule has 0 radical (unpaired) electrons. The second-order valence-corrected chi connectivity index (χ2v) is 5.91. The van der Waals surface area contributed by atoms with Gasteiger partial charge in [-0.3, -0.25) is 4.90 Å². The molecule has 0 bridgehead atoms. The van der Waals surface area contributed by atoms with Crippen molar-refractivity contribution in [1.29, 1.82) is 0 Å². The number of hydrogen-bond donors (Lipinski definition) is 2. The topological polar surface area (TPSA) is 27.3 Å². The molecule has 0 aromatic rings. The minimum Gasteiger partial charge on any atom is -0.314 e. The van der Waals surface area contributed by atoms with Gasteiger partial charge in [0.2, 0.25) is 0 Å². The summed E-state index contributed by atoms with van der Waals surface area (Å²) in [5.74, 6) is 0. The molecule has 0 aromatic carbocycles. The van der Waals surface area contributed by atoms with Crippen molar-refractivity contribution in [1.82, 2.24) is 15.5 Å². The molecule has 0 amide bonds. The highest BCUT2D eigenvalue weighted by Gasteiger charge is 2.28. The molecule has 3 heteroatoms. The number of piperazine rings is 1. The summed E-state index contributed by atoms with van der Waals surface area (Å²) in [5, 5.41) is 7.18. The second kappa shape index (κ2) is 5.48. The van der Waals surface area contributed by atoms with E-state index in [4.69, 9.17) is 0 Å². The fraction of sp³-hybridized carbons (Fsp3) is 1.00. The van der Waals surface area contributed by atoms with Gasteiger partial charge >= 0.3 is 0 Å². The summed E-state index contributed by atoms with van der Waals surface area (Å²) in [6.45, 7) is 10.6. The molecule has 2 aliphatic rings. The molecule has 1 saturated carbocycles. The zero-order valence-corrected chi connectivity index (χ0v) is 10.9. The average Bonchev–Trinajstić information content (AvgIpc) is 2.81. The Morgan fingerprint density at radius 2 is 1.81 bits per heavy atom. The Bertz CT molecular complexity index is 203. The van der Waals surface area contributed by atoms with Crippen LogP contribution in [-0.2, 0) is 0 Å². The van der Waals surface area contributed by atoms with Gasteiger partial charge in [0.25, 0.3) is 0 Å². The molecule has 0 spiro atoms. The van der Waals surface area contributed by atoms with Gasteiger partial charge in [-0.15, -0.1) is 0 Å². The summed E-state index contributed by atoms with van der Waals surface area (Å²) in [5.41, 5.74) is 0.310. The molecule has 16 heavy (non-hydrogen) atoms. The van der Waals surface area contributed by atoms with Crippen LogP contribution in [0, 0.1) is 0 Å². The van der Waals surface area contributed by atoms with Gasteiger partial charge in [-0.25, -0.2) is 0 Å². The first-order valence-corrected chi connectivity index (χ1v) is 6.88. The fourth-order valence-corrected chi connectivity index (χ4v) is 2.91. The van der Waals surface area contributed by atoms with E-state index in [0.29, 0.717) is 5.54 Å². The quantitative estimate of drug-likeness (QED) is 0.753. The van der Waals surface area contributed by atoms with Gasteiger partial charge in [-0.2, -0.15) is 0 Å². The molecule has 1 saturated heterocycles. The van der Waals surface area contributed by atoms with Crippen LogP contribution in [0.4, 0.5) is 0 Å². The first-order valence-electron chi connectivity index (χ1n) is 6.88. The van der Waals surface area contributed by atoms with E-state index in [0.717, 1.165) is 25.7 Å². The molecule has 1 aliphatic heterocycles. The van der Waals surface area contributed by atoms with Gasteiger partial charge in [-0.1, -0.05) is 12.8 Å². The van der Waals surface area contributed by atoms with Crippen LogP contribution < -0.4 is 10.6 Å². The standard InChI is InChI=1S/C13H27N3/c1-13(2,16-9-7-14-8-10-16)11-15-12-5-3-4-6-12/h12,14-15H,3-11H2,1-2H3. The monoisotopic (exact) mass is 225 g/mol. The molecule has 0 unspecified atom stereocenters. The predicted molar refractivity (Wildman–Crippen MR) is 68.8 cm³/mol. The molecule has 2 fully saturated rings. The van der Waals surface area contributed by atoms with Gasteiger partial charge in [0, 0.05) is 44.3 Å². The number of rotatable bonds is 4. The Morgan fingerprint density at radius 1 is 1.19 bits per heavy atom. The van der Waals surface area contributed by atoms with E-state index in [1.165, 1.54) is 38.8 Å². The van der Waals surface area contributed by atoms with Crippen molar-refractivity contribution in [3.05, 3.63) is 0 Å². The van der Waals surface area contributed by atoms with E-state index in [9.17, 15) is 0 Å². The van der Waals surface area contributed by atoms with E-state index in [1.807, 2.05) is 0 Å². The van der Waals surface area contributed by atoms with E-state index >= 15 is 0 Å². The lowest BCUT2D eigenvalue weighted by Crippen LogP contribution is -2.57. The van der Waals surface area contributed by atoms with Crippen molar-refractivity contribution in [3.63, 3.8) is 0 Å². The lowest BCUT2D eigenvalue weighted by Gasteiger charge is -2.42. The van der Waals surface area contributed by atoms with E-state index in [-0.39, 0.29) is 0 Å². The van der Waals surface area contributed by atoms with Crippen LogP contribution >= 0.6 is 0 Å². The Morgan fingerprint density at radius 3 is 2.44 bits per heavy atom. The molecule has 0 aromatic heterocycles. The Labute approximate surface area is 100.0 Å². The van der Waals surface area contributed by atoms with Gasteiger partial charge < -0.3 is 10.6 Å². The molecule has 2 rings (SSSR count). The van der Waals surface area contributed by atoms with Gasteiger partial charge in [-0.05, 0) is 26.7 Å². The molecule has 3 nitrogen and oxygen atoms in total. The second-order valence-electron chi connectivity index (χ2n) is 5.91. The first-order chi connectivity index (χ1) is 7.68. The van der Waals surface area contributed by atoms with Gasteiger partial charge in [0.15, 0.2) is 0 Å². The summed E-state index contributed by atoms with van der Waals surface area (Å²) >= 11 is 0. The Hall–Kier alpha value is -0.120. The Kier molecular flexibility index (Phi) is 4.22. The highest BCUT2D eigenvalue weighted by molar-refractivity contribution is 4.88. The zero-order chi connectivity index (χ0) is 11.4. The van der Waals surface area contributed by atoms with Crippen molar-refractivity contribution >= 4 is 0 Å². The summed E-state index contributed by atoms with van der Waals surface area (Å²) in [6.07, 6.45) is 5.62. The van der Waals surface area contributed by atoms with E-state index < -0.39 is 0 Å². The van der Waals surface area contributed by atoms with Crippen molar-refractivity contribution in [3.8, 4) is 0 Å². The minimum absolute atomic E-state index is 0.310. The molecule has 94 valence electrons. The normalized spacial score (nSPS) is 25.1. The molecule has 1 heterocycles. The maximum Gasteiger partial charge on any atom is 0.0278 e. The number of nitrogens with zero attached hydrogens (tertiary/aromatic N) is 1. The van der Waals surface area contributed by atoms with Crippen LogP contribution in [-0.4, -0.2) is 49.2 Å². The third-order valence-corrected chi connectivity index (χ3v) is 4.15. The summed E-state index contributed by atoms with van der Waals surface area (Å²) in [6, 6.07) is 0.794. The summed E-state index contributed by atoms with van der Waals surface area (Å²) in [7, 11) is 0. The van der Waals surface area contributed by atoms with Gasteiger partial charge in [0.05, 0.1) is 0 Å². The summed E-state index contributed by atoms with van der Waals surface area (Å²) < 4.78 is 0. The van der Waals surface area contributed by atoms with Crippen molar-refractivity contribution in [2.75, 3.05) is 32.7 Å². The van der Waals surface area contributed by atoms with E-state index in [1.54, 1.807) is 0 Å². The van der Waals surface area contributed by atoms with Crippen LogP contribution in [0.1, 0.15) is 39.5 Å². The van der Waals surface area contributed by atoms with Crippen LogP contribution in [0.25, 0.3) is 0 Å². The molecule has 0 atom stereocenters. The predicted octanol–water partition coefficient (Wildman–Crippen LogP) is 1.20. The molecular formula is C13H27N3. The van der Waals surface area contributed by atoms with Crippen molar-refractivity contribution in [2.24, 2.45) is 0 Å². The summed E-state index contributed by atoms with van der Waals surface area (Å²) in [4.78, 5) is 2.62. The molecule has 1 aliphatic carbocycles. The van der Waals surface area contributed by atoms with Crippen LogP contribution in [0.3, 0.4) is 0 Å². The zero-order valence-electron chi connectivity index (χ0n) is 10.9. The largest absolute Gasteiger partial charge is 0.314 e. The smallest absolute Gasteiger partial charge is 0.0278 e. The molecule has 2 N–H and O–H groups in total. The average molecular weight is 225 g/mol. The lowest BCUT2D eigenvalue weighted by atomic mass is 10.0. The van der Waals surface area contributed by atoms with Crippen LogP contribution in [0.5, 0.6) is 0 Å². The van der Waals surface area contributed by atoms with Crippen LogP contribution in [0.15, 0.2) is 0 Å². The van der Waals surface area contributed by atoms with Gasteiger partial charge in [0.1, 0.15) is 0 Å². The lowest BCUT2D eigenvalue weighted by molar-refractivity contribution is 0.0995. The third kappa shape index (κ3) is 3.19. The number of hydrogen-bond acceptors (Lipinski definition) is 3. The molecular weight excluding hydrogens is 198 g/mol. The maximum atomic E-state index is 3.76. The Balaban J connectivity index is 1.76. The minimum atomic E-state index is 0.310. The van der Waals surface area contributed by atoms with Crippen molar-refractivity contribution < 1.29 is 0 Å². The SMILES string of the molecule is CC(C)(CNC1CCCC1)N1CCNCC1. The van der Waals surface area contributed by atoms with Crippen LogP contribution in [0.2, 0.25) is 0 Å². The third-order valence-electron chi connectivity index (χ3n) is 4.15. The van der Waals surface area contributed by atoms with Crippen molar-refractivity contribution in [2.45, 2.75) is 51.1 Å². The number of nitrogens with one attached hydrogen (secondary N) is 2. The van der Waals surface area contributed by atoms with E-state index in [2.05, 4.69) is 29.4 Å². The first kappa shape index (κ1) is 12.3. The fourth-order valence-electron chi connectivity index (χ4n) is 2.91. The maximum absolute atomic E-state index is 3.76.